The second-order valence-electron chi connectivity index (χ2n) is 6.27. The van der Waals surface area contributed by atoms with Crippen molar-refractivity contribution in [2.75, 3.05) is 34.9 Å². The van der Waals surface area contributed by atoms with Crippen LogP contribution in [-0.4, -0.2) is 34.6 Å². The standard InChI is InChI=1S/C18H21Cl2N3O2S/c1-14-12-16(6-7-18(14)22-10-8-21-9-11-22)23(20)26(24,25)13-15-4-2-3-5-17(15)19/h2-7,12,21H,8-11,13H2,1H3. The van der Waals surface area contributed by atoms with Gasteiger partial charge in [-0.3, -0.25) is 0 Å². The zero-order valence-electron chi connectivity index (χ0n) is 14.5. The summed E-state index contributed by atoms with van der Waals surface area (Å²) in [5, 5.41) is 3.73. The number of rotatable bonds is 5. The fourth-order valence-electron chi connectivity index (χ4n) is 3.04. The van der Waals surface area contributed by atoms with Crippen molar-refractivity contribution in [3.63, 3.8) is 0 Å². The molecule has 140 valence electrons. The Labute approximate surface area is 164 Å². The van der Waals surface area contributed by atoms with E-state index in [1.165, 1.54) is 0 Å². The molecule has 2 aromatic carbocycles. The van der Waals surface area contributed by atoms with Crippen molar-refractivity contribution in [1.82, 2.24) is 5.32 Å². The maximum atomic E-state index is 12.7. The largest absolute Gasteiger partial charge is 0.369 e. The molecule has 0 radical (unpaired) electrons. The van der Waals surface area contributed by atoms with Gasteiger partial charge in [-0.05, 0) is 42.3 Å². The quantitative estimate of drug-likeness (QED) is 0.761. The van der Waals surface area contributed by atoms with Crippen LogP contribution < -0.4 is 14.0 Å². The highest BCUT2D eigenvalue weighted by atomic mass is 35.5. The molecule has 1 aliphatic heterocycles. The second-order valence-corrected chi connectivity index (χ2v) is 9.03. The van der Waals surface area contributed by atoms with Gasteiger partial charge in [-0.1, -0.05) is 29.8 Å². The number of nitrogens with one attached hydrogen (secondary N) is 1. The molecule has 0 aromatic heterocycles. The molecule has 5 nitrogen and oxygen atoms in total. The van der Waals surface area contributed by atoms with Crippen LogP contribution in [0.5, 0.6) is 0 Å². The molecule has 0 amide bonds. The number of aryl methyl sites for hydroxylation is 1. The Morgan fingerprint density at radius 1 is 1.15 bits per heavy atom. The molecule has 0 unspecified atom stereocenters. The predicted molar refractivity (Wildman–Crippen MR) is 109 cm³/mol. The van der Waals surface area contributed by atoms with E-state index in [4.69, 9.17) is 23.4 Å². The first-order valence-corrected chi connectivity index (χ1v) is 10.7. The fraction of sp³-hybridized carbons (Fsp3) is 0.333. The van der Waals surface area contributed by atoms with E-state index in [0.717, 1.165) is 41.3 Å². The molecule has 1 fully saturated rings. The van der Waals surface area contributed by atoms with E-state index in [9.17, 15) is 8.42 Å². The van der Waals surface area contributed by atoms with Crippen LogP contribution in [0.25, 0.3) is 0 Å². The van der Waals surface area contributed by atoms with Crippen LogP contribution in [-0.2, 0) is 15.8 Å². The minimum Gasteiger partial charge on any atom is -0.369 e. The Bertz CT molecular complexity index is 884. The molecular weight excluding hydrogens is 393 g/mol. The molecule has 1 N–H and O–H groups in total. The number of sulfonamides is 1. The van der Waals surface area contributed by atoms with Crippen LogP contribution >= 0.6 is 23.4 Å². The highest BCUT2D eigenvalue weighted by molar-refractivity contribution is 7.93. The molecule has 2 aromatic rings. The summed E-state index contributed by atoms with van der Waals surface area (Å²) >= 11 is 12.3. The van der Waals surface area contributed by atoms with Crippen molar-refractivity contribution in [3.8, 4) is 0 Å². The van der Waals surface area contributed by atoms with Crippen LogP contribution in [0.3, 0.4) is 0 Å². The summed E-state index contributed by atoms with van der Waals surface area (Å²) in [5.74, 6) is -0.255. The number of nitrogens with zero attached hydrogens (tertiary/aromatic N) is 2. The lowest BCUT2D eigenvalue weighted by molar-refractivity contribution is 0.588. The van der Waals surface area contributed by atoms with Crippen molar-refractivity contribution < 1.29 is 8.42 Å². The normalized spacial score (nSPS) is 15.1. The fourth-order valence-corrected chi connectivity index (χ4v) is 4.76. The summed E-state index contributed by atoms with van der Waals surface area (Å²) in [7, 11) is -3.75. The van der Waals surface area contributed by atoms with Crippen molar-refractivity contribution in [2.45, 2.75) is 12.7 Å². The van der Waals surface area contributed by atoms with Gasteiger partial charge in [0.05, 0.1) is 11.4 Å². The number of piperazine rings is 1. The minimum absolute atomic E-state index is 0.255. The molecule has 0 atom stereocenters. The molecule has 0 aliphatic carbocycles. The first kappa shape index (κ1) is 19.3. The number of benzene rings is 2. The van der Waals surface area contributed by atoms with Crippen LogP contribution in [0.2, 0.25) is 5.02 Å². The summed E-state index contributed by atoms with van der Waals surface area (Å²) in [6.45, 7) is 5.70. The molecule has 8 heteroatoms. The Morgan fingerprint density at radius 3 is 2.50 bits per heavy atom. The van der Waals surface area contributed by atoms with E-state index in [-0.39, 0.29) is 5.75 Å². The molecule has 0 bridgehead atoms. The summed E-state index contributed by atoms with van der Waals surface area (Å²) in [6.07, 6.45) is 0. The van der Waals surface area contributed by atoms with E-state index in [1.807, 2.05) is 13.0 Å². The molecule has 26 heavy (non-hydrogen) atoms. The minimum atomic E-state index is -3.75. The van der Waals surface area contributed by atoms with Gasteiger partial charge in [-0.25, -0.2) is 8.42 Å². The third-order valence-corrected chi connectivity index (χ3v) is 6.95. The van der Waals surface area contributed by atoms with Crippen LogP contribution in [0.4, 0.5) is 11.4 Å². The van der Waals surface area contributed by atoms with Gasteiger partial charge in [0.1, 0.15) is 0 Å². The van der Waals surface area contributed by atoms with Crippen molar-refractivity contribution in [3.05, 3.63) is 58.6 Å². The summed E-state index contributed by atoms with van der Waals surface area (Å²) in [5.41, 5.74) is 3.04. The van der Waals surface area contributed by atoms with Crippen molar-refractivity contribution in [1.29, 1.82) is 0 Å². The first-order chi connectivity index (χ1) is 12.4. The Kier molecular flexibility index (Phi) is 5.97. The molecule has 0 saturated carbocycles. The van der Waals surface area contributed by atoms with E-state index in [1.54, 1.807) is 36.4 Å². The second kappa shape index (κ2) is 8.05. The van der Waals surface area contributed by atoms with Gasteiger partial charge in [-0.15, -0.1) is 0 Å². The van der Waals surface area contributed by atoms with Gasteiger partial charge in [0.2, 0.25) is 0 Å². The van der Waals surface area contributed by atoms with Gasteiger partial charge in [0.25, 0.3) is 10.0 Å². The molecular formula is C18H21Cl2N3O2S. The van der Waals surface area contributed by atoms with Gasteiger partial charge >= 0.3 is 0 Å². The zero-order valence-corrected chi connectivity index (χ0v) is 16.8. The van der Waals surface area contributed by atoms with E-state index >= 15 is 0 Å². The molecule has 3 rings (SSSR count). The first-order valence-electron chi connectivity index (χ1n) is 8.37. The monoisotopic (exact) mass is 413 g/mol. The van der Waals surface area contributed by atoms with Crippen molar-refractivity contribution >= 4 is 44.8 Å². The number of halogens is 2. The summed E-state index contributed by atoms with van der Waals surface area (Å²) < 4.78 is 26.1. The number of anilines is 2. The lowest BCUT2D eigenvalue weighted by atomic mass is 10.1. The van der Waals surface area contributed by atoms with Crippen molar-refractivity contribution in [2.24, 2.45) is 0 Å². The molecule has 1 aliphatic rings. The molecule has 1 saturated heterocycles. The average Bonchev–Trinajstić information content (AvgIpc) is 2.63. The third kappa shape index (κ3) is 4.26. The topological polar surface area (TPSA) is 52.7 Å². The maximum Gasteiger partial charge on any atom is 0.253 e. The Hall–Kier alpha value is -1.47. The van der Waals surface area contributed by atoms with E-state index < -0.39 is 10.0 Å². The highest BCUT2D eigenvalue weighted by Gasteiger charge is 2.23. The smallest absolute Gasteiger partial charge is 0.253 e. The lowest BCUT2D eigenvalue weighted by Crippen LogP contribution is -2.43. The van der Waals surface area contributed by atoms with E-state index in [2.05, 4.69) is 10.2 Å². The third-order valence-electron chi connectivity index (χ3n) is 4.38. The Balaban J connectivity index is 1.81. The number of hydrogen-bond acceptors (Lipinski definition) is 4. The Morgan fingerprint density at radius 2 is 1.85 bits per heavy atom. The van der Waals surface area contributed by atoms with Gasteiger partial charge < -0.3 is 10.2 Å². The summed E-state index contributed by atoms with van der Waals surface area (Å²) in [4.78, 5) is 2.28. The van der Waals surface area contributed by atoms with Crippen LogP contribution in [0.1, 0.15) is 11.1 Å². The predicted octanol–water partition coefficient (Wildman–Crippen LogP) is 3.55. The zero-order chi connectivity index (χ0) is 18.7. The average molecular weight is 414 g/mol. The maximum absolute atomic E-state index is 12.7. The van der Waals surface area contributed by atoms with Gasteiger partial charge in [0, 0.05) is 48.7 Å². The number of hydrogen-bond donors (Lipinski definition) is 1. The molecule has 0 spiro atoms. The molecule has 1 heterocycles. The lowest BCUT2D eigenvalue weighted by Gasteiger charge is -2.31. The SMILES string of the molecule is Cc1cc(N(Cl)S(=O)(=O)Cc2ccccc2Cl)ccc1N1CCNCC1. The van der Waals surface area contributed by atoms with E-state index in [0.29, 0.717) is 16.3 Å². The summed E-state index contributed by atoms with van der Waals surface area (Å²) in [6, 6.07) is 12.3. The van der Waals surface area contributed by atoms with Crippen LogP contribution in [0.15, 0.2) is 42.5 Å². The van der Waals surface area contributed by atoms with Gasteiger partial charge in [-0.2, -0.15) is 3.82 Å². The highest BCUT2D eigenvalue weighted by Crippen LogP contribution is 2.30. The van der Waals surface area contributed by atoms with Crippen LogP contribution in [0, 0.1) is 6.92 Å². The van der Waals surface area contributed by atoms with Gasteiger partial charge in [0.15, 0.2) is 0 Å².